The summed E-state index contributed by atoms with van der Waals surface area (Å²) in [6, 6.07) is 2.34. The van der Waals surface area contributed by atoms with E-state index in [0.717, 1.165) is 25.4 Å². The summed E-state index contributed by atoms with van der Waals surface area (Å²) >= 11 is 0. The van der Waals surface area contributed by atoms with Crippen molar-refractivity contribution in [3.63, 3.8) is 0 Å². The number of aromatic nitrogens is 2. The molecule has 0 bridgehead atoms. The van der Waals surface area contributed by atoms with Gasteiger partial charge in [-0.25, -0.2) is 13.1 Å². The van der Waals surface area contributed by atoms with E-state index >= 15 is 0 Å². The topological polar surface area (TPSA) is 67.2 Å². The van der Waals surface area contributed by atoms with Crippen LogP contribution in [0.25, 0.3) is 0 Å². The van der Waals surface area contributed by atoms with Crippen LogP contribution in [0.4, 0.5) is 0 Å². The van der Waals surface area contributed by atoms with Gasteiger partial charge in [0.25, 0.3) is 0 Å². The Kier molecular flexibility index (Phi) is 4.33. The van der Waals surface area contributed by atoms with Crippen LogP contribution < -0.4 is 4.72 Å². The molecule has 1 aliphatic heterocycles. The van der Waals surface area contributed by atoms with Crippen LogP contribution in [-0.4, -0.2) is 49.0 Å². The van der Waals surface area contributed by atoms with Crippen molar-refractivity contribution in [3.05, 3.63) is 18.0 Å². The van der Waals surface area contributed by atoms with Gasteiger partial charge in [0.1, 0.15) is 0 Å². The zero-order chi connectivity index (χ0) is 14.9. The minimum absolute atomic E-state index is 0.262. The van der Waals surface area contributed by atoms with E-state index in [0.29, 0.717) is 6.54 Å². The van der Waals surface area contributed by atoms with E-state index in [2.05, 4.69) is 25.5 Å². The number of nitrogens with zero attached hydrogens (tertiary/aromatic N) is 3. The largest absolute Gasteiger partial charge is 0.295 e. The highest BCUT2D eigenvalue weighted by Crippen LogP contribution is 2.30. The molecule has 1 atom stereocenters. The van der Waals surface area contributed by atoms with Crippen molar-refractivity contribution >= 4 is 10.0 Å². The molecule has 0 spiro atoms. The van der Waals surface area contributed by atoms with Crippen LogP contribution in [0.3, 0.4) is 0 Å². The number of nitrogens with one attached hydrogen (secondary N) is 1. The highest BCUT2D eigenvalue weighted by molar-refractivity contribution is 7.88. The Morgan fingerprint density at radius 3 is 2.90 bits per heavy atom. The summed E-state index contributed by atoms with van der Waals surface area (Å²) in [6.07, 6.45) is 7.92. The number of fused-ring (bicyclic) bond motifs is 1. The maximum atomic E-state index is 11.2. The lowest BCUT2D eigenvalue weighted by atomic mass is 9.85. The predicted molar refractivity (Wildman–Crippen MR) is 81.3 cm³/mol. The van der Waals surface area contributed by atoms with Gasteiger partial charge in [0.15, 0.2) is 0 Å². The van der Waals surface area contributed by atoms with Gasteiger partial charge in [0, 0.05) is 32.4 Å². The lowest BCUT2D eigenvalue weighted by Gasteiger charge is -2.38. The summed E-state index contributed by atoms with van der Waals surface area (Å²) < 4.78 is 27.0. The van der Waals surface area contributed by atoms with Gasteiger partial charge < -0.3 is 0 Å². The molecule has 0 amide bonds. The predicted octanol–water partition coefficient (Wildman–Crippen LogP) is 0.979. The van der Waals surface area contributed by atoms with Gasteiger partial charge in [-0.15, -0.1) is 0 Å². The zero-order valence-corrected chi connectivity index (χ0v) is 13.3. The van der Waals surface area contributed by atoms with Crippen LogP contribution in [0.2, 0.25) is 0 Å². The number of hydrogen-bond acceptors (Lipinski definition) is 4. The average molecular weight is 312 g/mol. The molecule has 6 nitrogen and oxygen atoms in total. The fraction of sp³-hybridized carbons (Fsp3) is 0.786. The summed E-state index contributed by atoms with van der Waals surface area (Å²) in [5.74, 6) is 0.856. The van der Waals surface area contributed by atoms with Gasteiger partial charge >= 0.3 is 0 Å². The van der Waals surface area contributed by atoms with E-state index in [9.17, 15) is 8.42 Å². The second kappa shape index (κ2) is 6.06. The Labute approximate surface area is 126 Å². The average Bonchev–Trinajstić information content (AvgIpc) is 2.80. The van der Waals surface area contributed by atoms with Gasteiger partial charge in [0.2, 0.25) is 10.0 Å². The highest BCUT2D eigenvalue weighted by Gasteiger charge is 2.28. The fourth-order valence-electron chi connectivity index (χ4n) is 3.27. The van der Waals surface area contributed by atoms with Crippen molar-refractivity contribution in [3.8, 4) is 0 Å². The molecule has 1 aromatic rings. The van der Waals surface area contributed by atoms with Crippen LogP contribution in [0.1, 0.15) is 37.4 Å². The molecular weight excluding hydrogens is 288 g/mol. The molecule has 0 radical (unpaired) electrons. The maximum Gasteiger partial charge on any atom is 0.208 e. The van der Waals surface area contributed by atoms with Gasteiger partial charge in [-0.1, -0.05) is 6.42 Å². The molecule has 3 rings (SSSR count). The Morgan fingerprint density at radius 2 is 2.24 bits per heavy atom. The highest BCUT2D eigenvalue weighted by atomic mass is 32.2. The first-order chi connectivity index (χ1) is 10.0. The monoisotopic (exact) mass is 312 g/mol. The summed E-state index contributed by atoms with van der Waals surface area (Å²) in [6.45, 7) is 3.57. The van der Waals surface area contributed by atoms with E-state index in [1.807, 2.05) is 6.20 Å². The van der Waals surface area contributed by atoms with Gasteiger partial charge in [-0.2, -0.15) is 5.10 Å². The van der Waals surface area contributed by atoms with Crippen LogP contribution in [0, 0.1) is 5.92 Å². The Bertz CT molecular complexity index is 580. The molecule has 1 N–H and O–H groups in total. The second-order valence-corrected chi connectivity index (χ2v) is 8.20. The maximum absolute atomic E-state index is 11.2. The van der Waals surface area contributed by atoms with Crippen LogP contribution in [-0.2, 0) is 16.6 Å². The summed E-state index contributed by atoms with van der Waals surface area (Å²) in [7, 11) is -3.11. The van der Waals surface area contributed by atoms with Crippen molar-refractivity contribution in [2.75, 3.05) is 25.9 Å². The molecular formula is C14H24N4O2S. The minimum atomic E-state index is -3.11. The summed E-state index contributed by atoms with van der Waals surface area (Å²) in [5.41, 5.74) is 1.24. The molecule has 1 aromatic heterocycles. The number of hydrogen-bond donors (Lipinski definition) is 1. The van der Waals surface area contributed by atoms with Crippen LogP contribution in [0.15, 0.2) is 12.3 Å². The van der Waals surface area contributed by atoms with E-state index in [-0.39, 0.29) is 6.04 Å². The van der Waals surface area contributed by atoms with E-state index in [1.54, 1.807) is 0 Å². The molecule has 0 aromatic carbocycles. The first kappa shape index (κ1) is 15.0. The first-order valence-electron chi connectivity index (χ1n) is 7.70. The van der Waals surface area contributed by atoms with E-state index < -0.39 is 10.0 Å². The smallest absolute Gasteiger partial charge is 0.208 e. The molecule has 2 aliphatic rings. The van der Waals surface area contributed by atoms with Gasteiger partial charge in [-0.05, 0) is 31.2 Å². The van der Waals surface area contributed by atoms with Crippen molar-refractivity contribution in [1.82, 2.24) is 19.4 Å². The molecule has 7 heteroatoms. The third-order valence-electron chi connectivity index (χ3n) is 4.54. The summed E-state index contributed by atoms with van der Waals surface area (Å²) in [5, 5.41) is 4.41. The van der Waals surface area contributed by atoms with Crippen LogP contribution in [0.5, 0.6) is 0 Å². The number of rotatable bonds is 6. The molecule has 0 unspecified atom stereocenters. The lowest BCUT2D eigenvalue weighted by molar-refractivity contribution is 0.120. The Balaban J connectivity index is 1.61. The fourth-order valence-corrected chi connectivity index (χ4v) is 3.76. The van der Waals surface area contributed by atoms with Crippen molar-refractivity contribution < 1.29 is 8.42 Å². The molecule has 1 saturated carbocycles. The van der Waals surface area contributed by atoms with Gasteiger partial charge in [-0.3, -0.25) is 9.58 Å². The molecule has 118 valence electrons. The third-order valence-corrected chi connectivity index (χ3v) is 5.26. The van der Waals surface area contributed by atoms with Crippen molar-refractivity contribution in [1.29, 1.82) is 0 Å². The summed E-state index contributed by atoms with van der Waals surface area (Å²) in [4.78, 5) is 2.51. The molecule has 0 saturated heterocycles. The normalized spacial score (nSPS) is 23.8. The van der Waals surface area contributed by atoms with Gasteiger partial charge in [0.05, 0.1) is 18.0 Å². The Hall–Kier alpha value is -0.920. The molecule has 1 aliphatic carbocycles. The first-order valence-corrected chi connectivity index (χ1v) is 9.60. The molecule has 2 heterocycles. The quantitative estimate of drug-likeness (QED) is 0.850. The van der Waals surface area contributed by atoms with Crippen molar-refractivity contribution in [2.45, 2.75) is 38.3 Å². The van der Waals surface area contributed by atoms with E-state index in [1.165, 1.54) is 37.8 Å². The van der Waals surface area contributed by atoms with E-state index in [4.69, 9.17) is 0 Å². The standard InChI is InChI=1S/C14H24N4O2S/c1-21(19,20)16-8-6-14-11-17(9-12-3-2-4-12)10-13-5-7-15-18(13)14/h5,7,12,14,16H,2-4,6,8-11H2,1H3/t14-/m1/s1. The van der Waals surface area contributed by atoms with Crippen LogP contribution >= 0.6 is 0 Å². The lowest BCUT2D eigenvalue weighted by Crippen LogP contribution is -2.42. The van der Waals surface area contributed by atoms with Crippen molar-refractivity contribution in [2.24, 2.45) is 5.92 Å². The number of sulfonamides is 1. The Morgan fingerprint density at radius 1 is 1.43 bits per heavy atom. The minimum Gasteiger partial charge on any atom is -0.295 e. The zero-order valence-electron chi connectivity index (χ0n) is 12.5. The SMILES string of the molecule is CS(=O)(=O)NCC[C@@H]1CN(CC2CCC2)Cc2ccnn21. The molecule has 1 fully saturated rings. The third kappa shape index (κ3) is 3.84. The second-order valence-electron chi connectivity index (χ2n) is 6.37. The molecule has 21 heavy (non-hydrogen) atoms.